The molecule has 6 nitrogen and oxygen atoms in total. The Morgan fingerprint density at radius 1 is 1.21 bits per heavy atom. The first kappa shape index (κ1) is 20.1. The third-order valence-corrected chi connectivity index (χ3v) is 5.27. The van der Waals surface area contributed by atoms with Crippen molar-refractivity contribution in [3.63, 3.8) is 0 Å². The van der Waals surface area contributed by atoms with E-state index in [0.29, 0.717) is 6.54 Å². The van der Waals surface area contributed by atoms with Crippen molar-refractivity contribution in [3.8, 4) is 0 Å². The lowest BCUT2D eigenvalue weighted by Crippen LogP contribution is -2.38. The van der Waals surface area contributed by atoms with Crippen LogP contribution in [0.25, 0.3) is 10.9 Å². The quantitative estimate of drug-likeness (QED) is 0.474. The van der Waals surface area contributed by atoms with Gasteiger partial charge < -0.3 is 15.5 Å². The number of fused-ring (bicyclic) bond motifs is 1. The van der Waals surface area contributed by atoms with Crippen LogP contribution >= 0.6 is 11.3 Å². The van der Waals surface area contributed by atoms with Crippen molar-refractivity contribution in [2.24, 2.45) is 4.99 Å². The second kappa shape index (κ2) is 9.50. The minimum atomic E-state index is 0.593. The van der Waals surface area contributed by atoms with Crippen molar-refractivity contribution in [1.82, 2.24) is 20.6 Å². The van der Waals surface area contributed by atoms with Crippen molar-refractivity contribution in [3.05, 3.63) is 52.0 Å². The molecule has 0 saturated carbocycles. The lowest BCUT2D eigenvalue weighted by Gasteiger charge is -2.15. The first-order chi connectivity index (χ1) is 13.6. The number of para-hydroxylation sites is 1. The van der Waals surface area contributed by atoms with Gasteiger partial charge in [0.1, 0.15) is 5.82 Å². The second-order valence-corrected chi connectivity index (χ2v) is 8.11. The summed E-state index contributed by atoms with van der Waals surface area (Å²) in [6.45, 7) is 6.38. The number of aromatic nitrogens is 2. The van der Waals surface area contributed by atoms with Crippen molar-refractivity contribution < 1.29 is 0 Å². The molecule has 28 heavy (non-hydrogen) atoms. The highest BCUT2D eigenvalue weighted by molar-refractivity contribution is 7.11. The Bertz CT molecular complexity index is 947. The molecule has 0 bridgehead atoms. The van der Waals surface area contributed by atoms with Gasteiger partial charge in [-0.3, -0.25) is 0 Å². The Morgan fingerprint density at radius 3 is 2.75 bits per heavy atom. The van der Waals surface area contributed by atoms with Gasteiger partial charge in [-0.25, -0.2) is 15.0 Å². The van der Waals surface area contributed by atoms with E-state index in [4.69, 9.17) is 9.98 Å². The number of hydrogen-bond acceptors (Lipinski definition) is 5. The molecule has 0 amide bonds. The predicted molar refractivity (Wildman–Crippen MR) is 119 cm³/mol. The lowest BCUT2D eigenvalue weighted by atomic mass is 10.1. The number of anilines is 1. The van der Waals surface area contributed by atoms with E-state index < -0.39 is 0 Å². The molecule has 2 heterocycles. The molecule has 0 radical (unpaired) electrons. The van der Waals surface area contributed by atoms with E-state index in [9.17, 15) is 0 Å². The predicted octanol–water partition coefficient (Wildman–Crippen LogP) is 3.36. The summed E-state index contributed by atoms with van der Waals surface area (Å²) in [5, 5.41) is 9.03. The molecule has 3 aromatic rings. The Labute approximate surface area is 170 Å². The number of guanidine groups is 1. The number of nitrogens with one attached hydrogen (secondary N) is 2. The van der Waals surface area contributed by atoms with Crippen molar-refractivity contribution in [2.45, 2.75) is 26.8 Å². The van der Waals surface area contributed by atoms with Gasteiger partial charge in [0, 0.05) is 50.1 Å². The molecule has 7 heteroatoms. The third-order valence-electron chi connectivity index (χ3n) is 4.30. The Balaban J connectivity index is 1.74. The van der Waals surface area contributed by atoms with E-state index in [2.05, 4.69) is 47.7 Å². The van der Waals surface area contributed by atoms with Crippen LogP contribution in [-0.2, 0) is 13.0 Å². The number of hydrogen-bond donors (Lipinski definition) is 2. The molecule has 2 aromatic heterocycles. The van der Waals surface area contributed by atoms with Crippen LogP contribution in [0, 0.1) is 6.92 Å². The van der Waals surface area contributed by atoms with Gasteiger partial charge in [0.2, 0.25) is 0 Å². The molecule has 0 aliphatic carbocycles. The van der Waals surface area contributed by atoms with Gasteiger partial charge in [0.05, 0.1) is 17.1 Å². The van der Waals surface area contributed by atoms with E-state index >= 15 is 0 Å². The Kier molecular flexibility index (Phi) is 6.81. The summed E-state index contributed by atoms with van der Waals surface area (Å²) < 4.78 is 0. The molecule has 0 aliphatic rings. The average molecular weight is 397 g/mol. The summed E-state index contributed by atoms with van der Waals surface area (Å²) in [5.74, 6) is 1.77. The fourth-order valence-corrected chi connectivity index (χ4v) is 3.69. The highest BCUT2D eigenvalue weighted by atomic mass is 32.1. The summed E-state index contributed by atoms with van der Waals surface area (Å²) in [6, 6.07) is 10.3. The summed E-state index contributed by atoms with van der Waals surface area (Å²) in [5.41, 5.74) is 2.16. The van der Waals surface area contributed by atoms with Crippen LogP contribution < -0.4 is 15.5 Å². The summed E-state index contributed by atoms with van der Waals surface area (Å²) in [6.07, 6.45) is 2.82. The zero-order valence-corrected chi connectivity index (χ0v) is 17.8. The van der Waals surface area contributed by atoms with Crippen molar-refractivity contribution in [1.29, 1.82) is 0 Å². The monoisotopic (exact) mass is 396 g/mol. The molecule has 1 aromatic carbocycles. The molecule has 0 unspecified atom stereocenters. The Hall–Kier alpha value is -2.67. The number of nitrogens with zero attached hydrogens (tertiary/aromatic N) is 4. The number of pyridine rings is 1. The first-order valence-electron chi connectivity index (χ1n) is 9.56. The summed E-state index contributed by atoms with van der Waals surface area (Å²) >= 11 is 1.75. The number of rotatable bonds is 7. The maximum absolute atomic E-state index is 4.80. The summed E-state index contributed by atoms with van der Waals surface area (Å²) in [7, 11) is 4.02. The van der Waals surface area contributed by atoms with E-state index in [1.165, 1.54) is 10.4 Å². The third kappa shape index (κ3) is 5.19. The van der Waals surface area contributed by atoms with Crippen LogP contribution in [0.15, 0.2) is 41.5 Å². The SMILES string of the molecule is CCNC(=NCc1cc(N(C)C)nc2ccccc12)NCCc1ncc(C)s1. The molecular weight excluding hydrogens is 368 g/mol. The van der Waals surface area contributed by atoms with Crippen LogP contribution in [-0.4, -0.2) is 43.1 Å². The van der Waals surface area contributed by atoms with Gasteiger partial charge >= 0.3 is 0 Å². The van der Waals surface area contributed by atoms with Crippen LogP contribution in [0.1, 0.15) is 22.4 Å². The lowest BCUT2D eigenvalue weighted by molar-refractivity contribution is 0.797. The summed E-state index contributed by atoms with van der Waals surface area (Å²) in [4.78, 5) is 17.2. The average Bonchev–Trinajstić information content (AvgIpc) is 3.10. The molecule has 0 fully saturated rings. The molecule has 148 valence electrons. The fraction of sp³-hybridized carbons (Fsp3) is 0.381. The topological polar surface area (TPSA) is 65.4 Å². The zero-order chi connectivity index (χ0) is 19.9. The molecule has 0 saturated heterocycles. The van der Waals surface area contributed by atoms with E-state index in [-0.39, 0.29) is 0 Å². The highest BCUT2D eigenvalue weighted by Gasteiger charge is 2.07. The van der Waals surface area contributed by atoms with E-state index in [1.54, 1.807) is 11.3 Å². The number of aliphatic imine (C=N–C) groups is 1. The highest BCUT2D eigenvalue weighted by Crippen LogP contribution is 2.22. The molecule has 0 aliphatic heterocycles. The number of aryl methyl sites for hydroxylation is 1. The largest absolute Gasteiger partial charge is 0.363 e. The van der Waals surface area contributed by atoms with Crippen LogP contribution in [0.2, 0.25) is 0 Å². The van der Waals surface area contributed by atoms with Crippen LogP contribution in [0.3, 0.4) is 0 Å². The van der Waals surface area contributed by atoms with Gasteiger partial charge in [-0.05, 0) is 31.5 Å². The minimum absolute atomic E-state index is 0.593. The molecule has 0 atom stereocenters. The van der Waals surface area contributed by atoms with Crippen molar-refractivity contribution in [2.75, 3.05) is 32.1 Å². The van der Waals surface area contributed by atoms with Crippen LogP contribution in [0.5, 0.6) is 0 Å². The minimum Gasteiger partial charge on any atom is -0.363 e. The second-order valence-electron chi connectivity index (χ2n) is 6.79. The normalized spacial score (nSPS) is 11.6. The van der Waals surface area contributed by atoms with Crippen LogP contribution in [0.4, 0.5) is 5.82 Å². The number of benzene rings is 1. The maximum Gasteiger partial charge on any atom is 0.191 e. The maximum atomic E-state index is 4.80. The molecule has 3 rings (SSSR count). The molecule has 0 spiro atoms. The van der Waals surface area contributed by atoms with Gasteiger partial charge in [0.25, 0.3) is 0 Å². The van der Waals surface area contributed by atoms with Gasteiger partial charge in [-0.15, -0.1) is 11.3 Å². The number of thiazole rings is 1. The van der Waals surface area contributed by atoms with E-state index in [0.717, 1.165) is 47.2 Å². The smallest absolute Gasteiger partial charge is 0.191 e. The van der Waals surface area contributed by atoms with E-state index in [1.807, 2.05) is 37.3 Å². The molecular formula is C21H28N6S. The Morgan fingerprint density at radius 2 is 2.04 bits per heavy atom. The van der Waals surface area contributed by atoms with Gasteiger partial charge in [-0.2, -0.15) is 0 Å². The first-order valence-corrected chi connectivity index (χ1v) is 10.4. The van der Waals surface area contributed by atoms with Gasteiger partial charge in [-0.1, -0.05) is 18.2 Å². The zero-order valence-electron chi connectivity index (χ0n) is 17.0. The van der Waals surface area contributed by atoms with Crippen molar-refractivity contribution >= 4 is 34.0 Å². The molecule has 2 N–H and O–H groups in total. The van der Waals surface area contributed by atoms with Gasteiger partial charge in [0.15, 0.2) is 5.96 Å². The standard InChI is InChI=1S/C21H28N6S/c1-5-22-21(23-11-10-20-24-13-15(2)28-20)25-14-16-12-19(27(3)4)26-18-9-7-6-8-17(16)18/h6-9,12-13H,5,10-11,14H2,1-4H3,(H2,22,23,25). The fourth-order valence-electron chi connectivity index (χ4n) is 2.90.